The molecular weight excluding hydrogens is 583 g/mol. The summed E-state index contributed by atoms with van der Waals surface area (Å²) < 4.78 is 53.4. The van der Waals surface area contributed by atoms with E-state index in [9.17, 15) is 18.0 Å². The summed E-state index contributed by atoms with van der Waals surface area (Å²) in [5, 5.41) is 6.60. The van der Waals surface area contributed by atoms with Gasteiger partial charge in [-0.2, -0.15) is 0 Å². The molecule has 11 heteroatoms. The molecule has 0 saturated carbocycles. The van der Waals surface area contributed by atoms with Crippen LogP contribution >= 0.6 is 11.6 Å². The van der Waals surface area contributed by atoms with Crippen LogP contribution in [0.2, 0.25) is 5.02 Å². The lowest BCUT2D eigenvalue weighted by molar-refractivity contribution is -0.274. The van der Waals surface area contributed by atoms with Crippen molar-refractivity contribution in [3.63, 3.8) is 0 Å². The number of hydrogen-bond acceptors (Lipinski definition) is 5. The van der Waals surface area contributed by atoms with Gasteiger partial charge in [0.25, 0.3) is 0 Å². The van der Waals surface area contributed by atoms with Crippen molar-refractivity contribution in [1.29, 1.82) is 0 Å². The molecule has 1 saturated heterocycles. The minimum Gasteiger partial charge on any atom is -0.492 e. The maximum absolute atomic E-state index is 12.7. The molecule has 0 atom stereocenters. The fraction of sp³-hybridized carbons (Fsp3) is 0.281. The molecule has 1 aliphatic heterocycles. The van der Waals surface area contributed by atoms with E-state index in [2.05, 4.69) is 20.3 Å². The average molecular weight is 614 g/mol. The van der Waals surface area contributed by atoms with Crippen LogP contribution in [-0.2, 0) is 6.61 Å². The van der Waals surface area contributed by atoms with E-state index in [4.69, 9.17) is 21.1 Å². The Morgan fingerprint density at radius 3 is 2.28 bits per heavy atom. The Morgan fingerprint density at radius 1 is 0.837 bits per heavy atom. The number of rotatable bonds is 10. The summed E-state index contributed by atoms with van der Waals surface area (Å²) in [4.78, 5) is 15.1. The molecule has 0 aromatic heterocycles. The number of alkyl halides is 3. The largest absolute Gasteiger partial charge is 0.573 e. The number of nitrogens with zero attached hydrogens (tertiary/aromatic N) is 1. The summed E-state index contributed by atoms with van der Waals surface area (Å²) in [5.74, 6) is 0.914. The molecule has 0 radical (unpaired) electrons. The smallest absolute Gasteiger partial charge is 0.492 e. The first-order valence-electron chi connectivity index (χ1n) is 14.0. The van der Waals surface area contributed by atoms with Crippen LogP contribution in [0.5, 0.6) is 17.2 Å². The van der Waals surface area contributed by atoms with Crippen LogP contribution in [0, 0.1) is 0 Å². The normalized spacial score (nSPS) is 13.9. The van der Waals surface area contributed by atoms with Crippen molar-refractivity contribution < 1.29 is 32.2 Å². The third-order valence-corrected chi connectivity index (χ3v) is 7.29. The molecule has 7 nitrogen and oxygen atoms in total. The van der Waals surface area contributed by atoms with Gasteiger partial charge >= 0.3 is 12.4 Å². The highest BCUT2D eigenvalue weighted by Gasteiger charge is 2.32. The van der Waals surface area contributed by atoms with Gasteiger partial charge in [-0.1, -0.05) is 54.4 Å². The van der Waals surface area contributed by atoms with Crippen molar-refractivity contribution in [2.24, 2.45) is 0 Å². The van der Waals surface area contributed by atoms with Crippen LogP contribution in [0.3, 0.4) is 0 Å². The molecule has 0 unspecified atom stereocenters. The van der Waals surface area contributed by atoms with Crippen molar-refractivity contribution in [1.82, 2.24) is 4.90 Å². The topological polar surface area (TPSA) is 72.1 Å². The van der Waals surface area contributed by atoms with Crippen LogP contribution in [0.4, 0.5) is 29.3 Å². The Hall–Kier alpha value is -4.15. The predicted molar refractivity (Wildman–Crippen MR) is 161 cm³/mol. The molecule has 2 N–H and O–H groups in total. The van der Waals surface area contributed by atoms with Crippen LogP contribution < -0.4 is 24.8 Å². The molecule has 1 heterocycles. The first-order valence-corrected chi connectivity index (χ1v) is 14.3. The van der Waals surface area contributed by atoms with Crippen LogP contribution in [0.15, 0.2) is 78.9 Å². The zero-order valence-electron chi connectivity index (χ0n) is 23.3. The highest BCUT2D eigenvalue weighted by Crippen LogP contribution is 2.34. The molecule has 226 valence electrons. The van der Waals surface area contributed by atoms with Gasteiger partial charge in [-0.05, 0) is 74.0 Å². The van der Waals surface area contributed by atoms with E-state index in [1.54, 1.807) is 12.1 Å². The minimum absolute atomic E-state index is 0.194. The molecule has 0 bridgehead atoms. The number of benzene rings is 4. The van der Waals surface area contributed by atoms with Gasteiger partial charge in [-0.25, -0.2) is 4.79 Å². The standard InChI is InChI=1S/C32H31ClF3N3O4/c33-27-20-23(10-14-30(27)43-32(34,35)36)37-31(40)38-28-13-15-29(26-7-3-2-6-25(26)28)42-21-22-8-11-24(12-9-22)41-19-18-39-16-4-1-5-17-39/h2-3,6-15,20H,1,4-5,16-19,21H2,(H2,37,38,40). The number of carbonyl (C=O) groups excluding carboxylic acids is 1. The van der Waals surface area contributed by atoms with E-state index < -0.39 is 18.1 Å². The van der Waals surface area contributed by atoms with Crippen LogP contribution in [0.25, 0.3) is 10.8 Å². The third-order valence-electron chi connectivity index (χ3n) is 6.99. The van der Waals surface area contributed by atoms with Gasteiger partial charge in [0.1, 0.15) is 30.5 Å². The summed E-state index contributed by atoms with van der Waals surface area (Å²) >= 11 is 5.88. The second-order valence-corrected chi connectivity index (χ2v) is 10.5. The van der Waals surface area contributed by atoms with Gasteiger partial charge < -0.3 is 24.8 Å². The third kappa shape index (κ3) is 8.68. The number of carbonyl (C=O) groups is 1. The lowest BCUT2D eigenvalue weighted by atomic mass is 10.1. The fourth-order valence-electron chi connectivity index (χ4n) is 4.90. The summed E-state index contributed by atoms with van der Waals surface area (Å²) in [7, 11) is 0. The first-order chi connectivity index (χ1) is 20.7. The van der Waals surface area contributed by atoms with E-state index in [-0.39, 0.29) is 10.7 Å². The van der Waals surface area contributed by atoms with Crippen molar-refractivity contribution in [2.45, 2.75) is 32.2 Å². The number of halogens is 4. The number of likely N-dealkylation sites (tertiary alicyclic amines) is 1. The summed E-state index contributed by atoms with van der Waals surface area (Å²) in [6.45, 7) is 4.24. The van der Waals surface area contributed by atoms with Gasteiger partial charge in [0, 0.05) is 23.0 Å². The van der Waals surface area contributed by atoms with Crippen molar-refractivity contribution >= 4 is 39.8 Å². The molecule has 43 heavy (non-hydrogen) atoms. The Balaban J connectivity index is 1.17. The van der Waals surface area contributed by atoms with E-state index in [0.29, 0.717) is 24.7 Å². The molecule has 1 fully saturated rings. The number of hydrogen-bond donors (Lipinski definition) is 2. The summed E-state index contributed by atoms with van der Waals surface area (Å²) in [5.41, 5.74) is 1.70. The fourth-order valence-corrected chi connectivity index (χ4v) is 5.11. The van der Waals surface area contributed by atoms with Gasteiger partial charge in [0.05, 0.1) is 10.7 Å². The molecule has 4 aromatic rings. The van der Waals surface area contributed by atoms with Gasteiger partial charge in [-0.15, -0.1) is 13.2 Å². The van der Waals surface area contributed by atoms with Crippen molar-refractivity contribution in [3.8, 4) is 17.2 Å². The number of urea groups is 1. The van der Waals surface area contributed by atoms with Crippen LogP contribution in [-0.4, -0.2) is 43.5 Å². The van der Waals surface area contributed by atoms with Crippen molar-refractivity contribution in [2.75, 3.05) is 36.9 Å². The van der Waals surface area contributed by atoms with Gasteiger partial charge in [0.15, 0.2) is 0 Å². The summed E-state index contributed by atoms with van der Waals surface area (Å²) in [6, 6.07) is 21.7. The Kier molecular flexibility index (Phi) is 9.79. The second kappa shape index (κ2) is 13.9. The highest BCUT2D eigenvalue weighted by atomic mass is 35.5. The number of anilines is 2. The molecule has 1 aliphatic rings. The molecule has 4 aromatic carbocycles. The zero-order valence-corrected chi connectivity index (χ0v) is 24.0. The molecule has 0 aliphatic carbocycles. The second-order valence-electron chi connectivity index (χ2n) is 10.1. The number of fused-ring (bicyclic) bond motifs is 1. The Bertz CT molecular complexity index is 1540. The Labute approximate surface area is 252 Å². The van der Waals surface area contributed by atoms with Crippen molar-refractivity contribution in [3.05, 3.63) is 89.4 Å². The summed E-state index contributed by atoms with van der Waals surface area (Å²) in [6.07, 6.45) is -1.03. The maximum Gasteiger partial charge on any atom is 0.573 e. The van der Waals surface area contributed by atoms with Gasteiger partial charge in [0.2, 0.25) is 0 Å². The lowest BCUT2D eigenvalue weighted by Gasteiger charge is -2.26. The molecule has 2 amide bonds. The number of nitrogens with one attached hydrogen (secondary N) is 2. The van der Waals surface area contributed by atoms with E-state index >= 15 is 0 Å². The van der Waals surface area contributed by atoms with E-state index in [1.807, 2.05) is 48.5 Å². The monoisotopic (exact) mass is 613 g/mol. The highest BCUT2D eigenvalue weighted by molar-refractivity contribution is 6.32. The predicted octanol–water partition coefficient (Wildman–Crippen LogP) is 8.48. The van der Waals surface area contributed by atoms with Gasteiger partial charge in [-0.3, -0.25) is 4.90 Å². The molecular formula is C32H31ClF3N3O4. The zero-order chi connectivity index (χ0) is 30.2. The Morgan fingerprint density at radius 2 is 1.56 bits per heavy atom. The minimum atomic E-state index is -4.88. The first kappa shape index (κ1) is 30.3. The molecule has 0 spiro atoms. The maximum atomic E-state index is 12.7. The number of ether oxygens (including phenoxy) is 3. The van der Waals surface area contributed by atoms with E-state index in [1.165, 1.54) is 31.4 Å². The lowest BCUT2D eigenvalue weighted by Crippen LogP contribution is -2.33. The van der Waals surface area contributed by atoms with Crippen LogP contribution in [0.1, 0.15) is 24.8 Å². The molecule has 5 rings (SSSR count). The number of amides is 2. The quantitative estimate of drug-likeness (QED) is 0.188. The SMILES string of the molecule is O=C(Nc1ccc(OC(F)(F)F)c(Cl)c1)Nc1ccc(OCc2ccc(OCCN3CCCCC3)cc2)c2ccccc12. The average Bonchev–Trinajstić information content (AvgIpc) is 2.99. The van der Waals surface area contributed by atoms with E-state index in [0.717, 1.165) is 47.8 Å². The number of piperidine rings is 1.